The zero-order valence-electron chi connectivity index (χ0n) is 18.0. The van der Waals surface area contributed by atoms with Crippen molar-refractivity contribution in [1.82, 2.24) is 14.1 Å². The molecule has 0 atom stereocenters. The van der Waals surface area contributed by atoms with E-state index in [9.17, 15) is 31.5 Å². The highest BCUT2D eigenvalue weighted by atomic mass is 35.5. The van der Waals surface area contributed by atoms with Crippen molar-refractivity contribution in [2.45, 2.75) is 19.3 Å². The molecule has 0 radical (unpaired) electrons. The van der Waals surface area contributed by atoms with E-state index < -0.39 is 74.0 Å². The van der Waals surface area contributed by atoms with Crippen LogP contribution in [-0.4, -0.2) is 14.1 Å². The Morgan fingerprint density at radius 2 is 1.74 bits per heavy atom. The summed E-state index contributed by atoms with van der Waals surface area (Å²) in [5.74, 6) is -2.39. The molecule has 2 N–H and O–H groups in total. The predicted octanol–water partition coefficient (Wildman–Crippen LogP) is 4.22. The van der Waals surface area contributed by atoms with Gasteiger partial charge in [-0.2, -0.15) is 13.2 Å². The number of pyridine rings is 1. The van der Waals surface area contributed by atoms with E-state index in [1.807, 2.05) is 0 Å². The van der Waals surface area contributed by atoms with Gasteiger partial charge in [0.25, 0.3) is 5.56 Å². The quantitative estimate of drug-likeness (QED) is 0.329. The number of benzene rings is 2. The van der Waals surface area contributed by atoms with Gasteiger partial charge in [0, 0.05) is 36.3 Å². The molecule has 2 aromatic heterocycles. The Hall–Kier alpha value is -3.57. The Balaban J connectivity index is 2.25. The molecule has 0 spiro atoms. The van der Waals surface area contributed by atoms with Crippen LogP contribution in [0.5, 0.6) is 0 Å². The Morgan fingerprint density at radius 1 is 1.09 bits per heavy atom. The van der Waals surface area contributed by atoms with E-state index in [4.69, 9.17) is 17.3 Å². The zero-order chi connectivity index (χ0) is 25.7. The summed E-state index contributed by atoms with van der Waals surface area (Å²) in [7, 11) is 1.14. The number of nitrogens with two attached hydrogens (primary N) is 1. The fourth-order valence-corrected chi connectivity index (χ4v) is 4.13. The third kappa shape index (κ3) is 4.21. The molecule has 2 aromatic carbocycles. The fourth-order valence-electron chi connectivity index (χ4n) is 3.92. The number of hydrogen-bond donors (Lipinski definition) is 1. The summed E-state index contributed by atoms with van der Waals surface area (Å²) in [5.41, 5.74) is 0.340. The SMILES string of the molecule is Cn1c(=O)n(Cc2ccccc2)c(=O)c2c(-c3cc(F)cc(F)c3Cl)c(CN)c(C(F)(F)F)nc21. The van der Waals surface area contributed by atoms with Crippen molar-refractivity contribution in [3.63, 3.8) is 0 Å². The fraction of sp³-hybridized carbons (Fsp3) is 0.174. The largest absolute Gasteiger partial charge is 0.433 e. The molecule has 0 aliphatic rings. The molecular weight excluding hydrogens is 495 g/mol. The maximum absolute atomic E-state index is 14.3. The normalized spacial score (nSPS) is 11.9. The first-order valence-electron chi connectivity index (χ1n) is 10.1. The van der Waals surface area contributed by atoms with Crippen LogP contribution in [0.3, 0.4) is 0 Å². The maximum Gasteiger partial charge on any atom is 0.433 e. The van der Waals surface area contributed by atoms with E-state index in [0.717, 1.165) is 16.2 Å². The van der Waals surface area contributed by atoms with Crippen molar-refractivity contribution in [1.29, 1.82) is 0 Å². The molecular formula is C23H16ClF5N4O2. The number of rotatable bonds is 4. The molecule has 0 aliphatic carbocycles. The van der Waals surface area contributed by atoms with Crippen LogP contribution in [0.4, 0.5) is 22.0 Å². The number of hydrogen-bond acceptors (Lipinski definition) is 4. The molecule has 0 aliphatic heterocycles. The molecule has 12 heteroatoms. The number of alkyl halides is 3. The lowest BCUT2D eigenvalue weighted by Crippen LogP contribution is -2.40. The molecule has 0 amide bonds. The van der Waals surface area contributed by atoms with Gasteiger partial charge in [-0.3, -0.25) is 13.9 Å². The van der Waals surface area contributed by atoms with Gasteiger partial charge in [-0.25, -0.2) is 18.6 Å². The first-order valence-corrected chi connectivity index (χ1v) is 10.5. The second-order valence-corrected chi connectivity index (χ2v) is 8.06. The molecule has 0 unspecified atom stereocenters. The number of halogens is 6. The summed E-state index contributed by atoms with van der Waals surface area (Å²) >= 11 is 6.03. The third-order valence-corrected chi connectivity index (χ3v) is 5.88. The Bertz CT molecular complexity index is 1580. The summed E-state index contributed by atoms with van der Waals surface area (Å²) in [6, 6.07) is 9.52. The second kappa shape index (κ2) is 8.90. The Labute approximate surface area is 199 Å². The van der Waals surface area contributed by atoms with Gasteiger partial charge in [0.1, 0.15) is 11.6 Å². The van der Waals surface area contributed by atoms with Gasteiger partial charge in [-0.15, -0.1) is 0 Å². The molecule has 0 bridgehead atoms. The lowest BCUT2D eigenvalue weighted by molar-refractivity contribution is -0.141. The number of nitrogens with zero attached hydrogens (tertiary/aromatic N) is 3. The molecule has 0 fully saturated rings. The zero-order valence-corrected chi connectivity index (χ0v) is 18.7. The number of aryl methyl sites for hydroxylation is 1. The van der Waals surface area contributed by atoms with Crippen molar-refractivity contribution in [2.75, 3.05) is 0 Å². The van der Waals surface area contributed by atoms with Gasteiger partial charge in [0.2, 0.25) is 0 Å². The van der Waals surface area contributed by atoms with Crippen LogP contribution in [0, 0.1) is 11.6 Å². The average molecular weight is 511 g/mol. The monoisotopic (exact) mass is 510 g/mol. The Morgan fingerprint density at radius 3 is 2.34 bits per heavy atom. The van der Waals surface area contributed by atoms with Crippen LogP contribution < -0.4 is 17.0 Å². The summed E-state index contributed by atoms with van der Waals surface area (Å²) in [4.78, 5) is 30.1. The van der Waals surface area contributed by atoms with E-state index in [0.29, 0.717) is 17.7 Å². The van der Waals surface area contributed by atoms with Crippen molar-refractivity contribution in [2.24, 2.45) is 12.8 Å². The molecule has 0 saturated heterocycles. The summed E-state index contributed by atoms with van der Waals surface area (Å²) in [6.07, 6.45) is -5.06. The van der Waals surface area contributed by atoms with Crippen molar-refractivity contribution >= 4 is 22.6 Å². The average Bonchev–Trinajstić information content (AvgIpc) is 2.81. The minimum absolute atomic E-state index is 0.216. The van der Waals surface area contributed by atoms with Crippen molar-refractivity contribution in [3.05, 3.63) is 96.8 Å². The van der Waals surface area contributed by atoms with Gasteiger partial charge >= 0.3 is 11.9 Å². The van der Waals surface area contributed by atoms with Crippen LogP contribution in [0.25, 0.3) is 22.2 Å². The van der Waals surface area contributed by atoms with Crippen LogP contribution in [-0.2, 0) is 26.3 Å². The van der Waals surface area contributed by atoms with E-state index in [-0.39, 0.29) is 6.54 Å². The summed E-state index contributed by atoms with van der Waals surface area (Å²) < 4.78 is 71.9. The smallest absolute Gasteiger partial charge is 0.326 e. The summed E-state index contributed by atoms with van der Waals surface area (Å²) in [5, 5.41) is -1.20. The van der Waals surface area contributed by atoms with Gasteiger partial charge in [-0.05, 0) is 11.6 Å². The number of aromatic nitrogens is 3. The minimum Gasteiger partial charge on any atom is -0.326 e. The van der Waals surface area contributed by atoms with E-state index in [1.54, 1.807) is 30.3 Å². The van der Waals surface area contributed by atoms with Crippen molar-refractivity contribution < 1.29 is 22.0 Å². The highest BCUT2D eigenvalue weighted by Crippen LogP contribution is 2.41. The second-order valence-electron chi connectivity index (χ2n) is 7.68. The van der Waals surface area contributed by atoms with Crippen LogP contribution in [0.2, 0.25) is 5.02 Å². The standard InChI is InChI=1S/C23H16ClF5N4O2/c1-32-20-17(21(34)33(22(32)35)10-11-5-3-2-4-6-11)16(13-7-12(25)8-15(26)18(13)24)14(9-30)19(31-20)23(27,28)29/h2-8H,9-10,30H2,1H3. The van der Waals surface area contributed by atoms with Gasteiger partial charge in [-0.1, -0.05) is 41.9 Å². The van der Waals surface area contributed by atoms with Gasteiger partial charge in [0.05, 0.1) is 17.0 Å². The first-order chi connectivity index (χ1) is 16.5. The molecule has 4 rings (SSSR count). The van der Waals surface area contributed by atoms with E-state index in [1.165, 1.54) is 0 Å². The van der Waals surface area contributed by atoms with E-state index >= 15 is 0 Å². The number of fused-ring (bicyclic) bond motifs is 1. The molecule has 0 saturated carbocycles. The molecule has 2 heterocycles. The van der Waals surface area contributed by atoms with Crippen LogP contribution in [0.1, 0.15) is 16.8 Å². The lowest BCUT2D eigenvalue weighted by Gasteiger charge is -2.20. The van der Waals surface area contributed by atoms with Gasteiger partial charge in [0.15, 0.2) is 11.3 Å². The Kier molecular flexibility index (Phi) is 6.24. The highest BCUT2D eigenvalue weighted by molar-refractivity contribution is 6.34. The van der Waals surface area contributed by atoms with Crippen LogP contribution in [0.15, 0.2) is 52.1 Å². The lowest BCUT2D eigenvalue weighted by atomic mass is 9.94. The summed E-state index contributed by atoms with van der Waals surface area (Å²) in [6.45, 7) is -1.01. The minimum atomic E-state index is -5.06. The maximum atomic E-state index is 14.3. The molecule has 4 aromatic rings. The first kappa shape index (κ1) is 24.6. The predicted molar refractivity (Wildman–Crippen MR) is 120 cm³/mol. The van der Waals surface area contributed by atoms with Gasteiger partial charge < -0.3 is 5.73 Å². The van der Waals surface area contributed by atoms with E-state index in [2.05, 4.69) is 4.98 Å². The van der Waals surface area contributed by atoms with Crippen LogP contribution >= 0.6 is 11.6 Å². The molecule has 6 nitrogen and oxygen atoms in total. The molecule has 182 valence electrons. The highest BCUT2D eigenvalue weighted by Gasteiger charge is 2.38. The van der Waals surface area contributed by atoms with Crippen molar-refractivity contribution in [3.8, 4) is 11.1 Å². The molecule has 35 heavy (non-hydrogen) atoms. The topological polar surface area (TPSA) is 82.9 Å². The third-order valence-electron chi connectivity index (χ3n) is 5.49.